The van der Waals surface area contributed by atoms with Gasteiger partial charge in [-0.15, -0.1) is 0 Å². The molecule has 0 bridgehead atoms. The monoisotopic (exact) mass is 305 g/mol. The van der Waals surface area contributed by atoms with Crippen LogP contribution in [0, 0.1) is 0 Å². The summed E-state index contributed by atoms with van der Waals surface area (Å²) in [5, 5.41) is 9.29. The average molecular weight is 305 g/mol. The number of rotatable bonds is 6. The quantitative estimate of drug-likeness (QED) is 0.862. The third kappa shape index (κ3) is 3.62. The number of anilines is 1. The summed E-state index contributed by atoms with van der Waals surface area (Å²) in [6, 6.07) is 13.8. The lowest BCUT2D eigenvalue weighted by Crippen LogP contribution is -2.16. The van der Waals surface area contributed by atoms with Gasteiger partial charge in [-0.05, 0) is 29.7 Å². The van der Waals surface area contributed by atoms with Crippen LogP contribution in [-0.2, 0) is 23.1 Å². The van der Waals surface area contributed by atoms with E-state index in [1.54, 1.807) is 30.3 Å². The molecule has 0 radical (unpaired) electrons. The Labute approximate surface area is 125 Å². The minimum absolute atomic E-state index is 0.110. The van der Waals surface area contributed by atoms with Crippen LogP contribution >= 0.6 is 0 Å². The Morgan fingerprint density at radius 2 is 1.62 bits per heavy atom. The zero-order valence-electron chi connectivity index (χ0n) is 11.9. The highest BCUT2D eigenvalue weighted by Gasteiger charge is 2.18. The minimum atomic E-state index is -3.71. The molecule has 0 unspecified atom stereocenters. The first kappa shape index (κ1) is 15.5. The van der Waals surface area contributed by atoms with E-state index in [4.69, 9.17) is 0 Å². The molecule has 0 aromatic heterocycles. The van der Waals surface area contributed by atoms with Crippen LogP contribution in [0.5, 0.6) is 0 Å². The molecular weight excluding hydrogens is 286 g/mol. The molecule has 2 N–H and O–H groups in total. The molecule has 2 rings (SSSR count). The first-order chi connectivity index (χ1) is 10.1. The van der Waals surface area contributed by atoms with Crippen molar-refractivity contribution in [2.75, 3.05) is 4.72 Å². The number of hydrogen-bond acceptors (Lipinski definition) is 3. The molecule has 0 aliphatic rings. The zero-order chi connectivity index (χ0) is 15.3. The molecule has 2 aromatic rings. The summed E-state index contributed by atoms with van der Waals surface area (Å²) < 4.78 is 27.7. The molecule has 0 heterocycles. The van der Waals surface area contributed by atoms with Crippen molar-refractivity contribution < 1.29 is 13.5 Å². The molecule has 4 nitrogen and oxygen atoms in total. The first-order valence-electron chi connectivity index (χ1n) is 6.88. The smallest absolute Gasteiger partial charge is 0.262 e. The van der Waals surface area contributed by atoms with Crippen LogP contribution in [0.2, 0.25) is 0 Å². The zero-order valence-corrected chi connectivity index (χ0v) is 12.7. The number of nitrogens with one attached hydrogen (secondary N) is 1. The molecule has 21 heavy (non-hydrogen) atoms. The van der Waals surface area contributed by atoms with E-state index in [2.05, 4.69) is 4.72 Å². The maximum Gasteiger partial charge on any atom is 0.262 e. The summed E-state index contributed by atoms with van der Waals surface area (Å²) >= 11 is 0. The van der Waals surface area contributed by atoms with E-state index in [0.717, 1.165) is 18.4 Å². The van der Waals surface area contributed by atoms with E-state index in [0.29, 0.717) is 11.3 Å². The Kier molecular flexibility index (Phi) is 4.98. The third-order valence-electron chi connectivity index (χ3n) is 3.21. The highest BCUT2D eigenvalue weighted by atomic mass is 32.2. The Morgan fingerprint density at radius 3 is 2.29 bits per heavy atom. The van der Waals surface area contributed by atoms with Crippen molar-refractivity contribution in [3.63, 3.8) is 0 Å². The summed E-state index contributed by atoms with van der Waals surface area (Å²) in [5.74, 6) is 0. The van der Waals surface area contributed by atoms with E-state index in [9.17, 15) is 13.5 Å². The fourth-order valence-corrected chi connectivity index (χ4v) is 3.54. The summed E-state index contributed by atoms with van der Waals surface area (Å²) in [4.78, 5) is 0.110. The number of aliphatic hydroxyl groups excluding tert-OH is 1. The molecule has 112 valence electrons. The van der Waals surface area contributed by atoms with Crippen LogP contribution in [0.4, 0.5) is 5.69 Å². The van der Waals surface area contributed by atoms with Crippen LogP contribution in [0.15, 0.2) is 53.4 Å². The lowest BCUT2D eigenvalue weighted by atomic mass is 10.1. The highest BCUT2D eigenvalue weighted by molar-refractivity contribution is 7.92. The fraction of sp³-hybridized carbons (Fsp3) is 0.250. The van der Waals surface area contributed by atoms with Gasteiger partial charge in [0.2, 0.25) is 0 Å². The van der Waals surface area contributed by atoms with Crippen molar-refractivity contribution >= 4 is 15.7 Å². The third-order valence-corrected chi connectivity index (χ3v) is 4.68. The molecule has 0 saturated carbocycles. The molecule has 0 atom stereocenters. The Bertz CT molecular complexity index is 711. The van der Waals surface area contributed by atoms with Gasteiger partial charge in [0.1, 0.15) is 0 Å². The number of para-hydroxylation sites is 1. The van der Waals surface area contributed by atoms with Crippen molar-refractivity contribution in [3.8, 4) is 0 Å². The molecule has 0 saturated heterocycles. The molecule has 5 heteroatoms. The Morgan fingerprint density at radius 1 is 1.00 bits per heavy atom. The Hall–Kier alpha value is -1.85. The van der Waals surface area contributed by atoms with Crippen LogP contribution in [0.1, 0.15) is 24.5 Å². The summed E-state index contributed by atoms with van der Waals surface area (Å²) in [6.45, 7) is 1.74. The van der Waals surface area contributed by atoms with Crippen LogP contribution in [-0.4, -0.2) is 13.5 Å². The molecule has 0 aliphatic heterocycles. The number of hydrogen-bond donors (Lipinski definition) is 2. The van der Waals surface area contributed by atoms with Gasteiger partial charge < -0.3 is 5.11 Å². The van der Waals surface area contributed by atoms with Crippen LogP contribution < -0.4 is 4.72 Å². The number of aliphatic hydroxyl groups is 1. The summed E-state index contributed by atoms with van der Waals surface area (Å²) in [7, 11) is -3.71. The van der Waals surface area contributed by atoms with Gasteiger partial charge in [0.05, 0.1) is 17.2 Å². The molecule has 2 aromatic carbocycles. The maximum absolute atomic E-state index is 12.5. The topological polar surface area (TPSA) is 66.4 Å². The SMILES string of the molecule is CCCc1ccccc1NS(=O)(=O)c1ccccc1CO. The number of sulfonamides is 1. The standard InChI is InChI=1S/C16H19NO3S/c1-2-7-13-8-3-5-10-15(13)17-21(19,20)16-11-6-4-9-14(16)12-18/h3-6,8-11,17-18H,2,7,12H2,1H3. The largest absolute Gasteiger partial charge is 0.392 e. The molecule has 0 amide bonds. The lowest BCUT2D eigenvalue weighted by molar-refractivity contribution is 0.278. The van der Waals surface area contributed by atoms with Crippen molar-refractivity contribution in [2.24, 2.45) is 0 Å². The van der Waals surface area contributed by atoms with Crippen LogP contribution in [0.3, 0.4) is 0 Å². The van der Waals surface area contributed by atoms with E-state index >= 15 is 0 Å². The summed E-state index contributed by atoms with van der Waals surface area (Å²) in [5.41, 5.74) is 1.94. The maximum atomic E-state index is 12.5. The van der Waals surface area contributed by atoms with Crippen molar-refractivity contribution in [2.45, 2.75) is 31.3 Å². The van der Waals surface area contributed by atoms with Gasteiger partial charge in [-0.2, -0.15) is 0 Å². The molecule has 0 spiro atoms. The van der Waals surface area contributed by atoms with E-state index in [1.807, 2.05) is 19.1 Å². The van der Waals surface area contributed by atoms with Gasteiger partial charge in [-0.25, -0.2) is 8.42 Å². The number of benzene rings is 2. The van der Waals surface area contributed by atoms with Crippen molar-refractivity contribution in [1.29, 1.82) is 0 Å². The fourth-order valence-electron chi connectivity index (χ4n) is 2.20. The Balaban J connectivity index is 2.38. The van der Waals surface area contributed by atoms with Crippen molar-refractivity contribution in [1.82, 2.24) is 0 Å². The second-order valence-electron chi connectivity index (χ2n) is 4.78. The first-order valence-corrected chi connectivity index (χ1v) is 8.36. The minimum Gasteiger partial charge on any atom is -0.392 e. The van der Waals surface area contributed by atoms with Gasteiger partial charge in [-0.3, -0.25) is 4.72 Å². The van der Waals surface area contributed by atoms with Crippen molar-refractivity contribution in [3.05, 3.63) is 59.7 Å². The second kappa shape index (κ2) is 6.74. The highest BCUT2D eigenvalue weighted by Crippen LogP contribution is 2.23. The van der Waals surface area contributed by atoms with Crippen LogP contribution in [0.25, 0.3) is 0 Å². The van der Waals surface area contributed by atoms with E-state index in [1.165, 1.54) is 6.07 Å². The van der Waals surface area contributed by atoms with Gasteiger partial charge in [0, 0.05) is 0 Å². The van der Waals surface area contributed by atoms with Gasteiger partial charge in [0.25, 0.3) is 10.0 Å². The molecular formula is C16H19NO3S. The summed E-state index contributed by atoms with van der Waals surface area (Å²) in [6.07, 6.45) is 1.74. The predicted octanol–water partition coefficient (Wildman–Crippen LogP) is 2.93. The van der Waals surface area contributed by atoms with Gasteiger partial charge in [0.15, 0.2) is 0 Å². The van der Waals surface area contributed by atoms with Gasteiger partial charge in [-0.1, -0.05) is 49.7 Å². The molecule has 0 fully saturated rings. The van der Waals surface area contributed by atoms with E-state index in [-0.39, 0.29) is 11.5 Å². The lowest BCUT2D eigenvalue weighted by Gasteiger charge is -2.14. The van der Waals surface area contributed by atoms with E-state index < -0.39 is 10.0 Å². The predicted molar refractivity (Wildman–Crippen MR) is 83.6 cm³/mol. The molecule has 0 aliphatic carbocycles. The number of aryl methyl sites for hydroxylation is 1. The average Bonchev–Trinajstić information content (AvgIpc) is 2.49. The second-order valence-corrected chi connectivity index (χ2v) is 6.43. The van der Waals surface area contributed by atoms with Gasteiger partial charge >= 0.3 is 0 Å². The normalized spacial score (nSPS) is 11.3.